The summed E-state index contributed by atoms with van der Waals surface area (Å²) in [5.41, 5.74) is 7.94. The first-order valence-electron chi connectivity index (χ1n) is 11.8. The van der Waals surface area contributed by atoms with Crippen LogP contribution in [0.4, 0.5) is 11.4 Å². The van der Waals surface area contributed by atoms with Gasteiger partial charge in [0, 0.05) is 12.2 Å². The largest absolute Gasteiger partial charge is 0.336 e. The van der Waals surface area contributed by atoms with Crippen molar-refractivity contribution < 1.29 is 9.59 Å². The molecule has 0 aliphatic carbocycles. The maximum Gasteiger partial charge on any atom is 0.282 e. The summed E-state index contributed by atoms with van der Waals surface area (Å²) in [5.74, 6) is -0.533. The highest BCUT2D eigenvalue weighted by Crippen LogP contribution is 2.40. The van der Waals surface area contributed by atoms with Crippen molar-refractivity contribution in [3.8, 4) is 0 Å². The van der Waals surface area contributed by atoms with Crippen LogP contribution in [0.3, 0.4) is 0 Å². The predicted molar refractivity (Wildman–Crippen MR) is 138 cm³/mol. The Hall–Kier alpha value is -3.66. The van der Waals surface area contributed by atoms with Crippen LogP contribution < -0.4 is 9.80 Å². The lowest BCUT2D eigenvalue weighted by molar-refractivity contribution is -0.120. The Labute approximate surface area is 201 Å². The van der Waals surface area contributed by atoms with Gasteiger partial charge in [-0.1, -0.05) is 69.3 Å². The van der Waals surface area contributed by atoms with E-state index in [1.165, 1.54) is 10.5 Å². The van der Waals surface area contributed by atoms with Crippen LogP contribution in [0.15, 0.2) is 72.4 Å². The summed E-state index contributed by atoms with van der Waals surface area (Å²) in [6.45, 7) is 11.2. The van der Waals surface area contributed by atoms with Crippen molar-refractivity contribution in [2.45, 2.75) is 46.5 Å². The van der Waals surface area contributed by atoms with Gasteiger partial charge in [0.25, 0.3) is 11.8 Å². The number of hydrogen-bond donors (Lipinski definition) is 0. The molecule has 172 valence electrons. The average molecular weight is 451 g/mol. The van der Waals surface area contributed by atoms with Crippen LogP contribution in [0.1, 0.15) is 48.6 Å². The van der Waals surface area contributed by atoms with Crippen molar-refractivity contribution in [3.63, 3.8) is 0 Å². The third-order valence-electron chi connectivity index (χ3n) is 7.00. The van der Waals surface area contributed by atoms with E-state index in [2.05, 4.69) is 33.8 Å². The first-order valence-corrected chi connectivity index (χ1v) is 11.8. The molecular formula is C30H30N2O2. The molecule has 0 aromatic heterocycles. The van der Waals surface area contributed by atoms with Crippen molar-refractivity contribution in [1.29, 1.82) is 0 Å². The summed E-state index contributed by atoms with van der Waals surface area (Å²) in [4.78, 5) is 31.2. The van der Waals surface area contributed by atoms with E-state index in [0.717, 1.165) is 34.4 Å². The molecule has 5 rings (SSSR count). The van der Waals surface area contributed by atoms with Crippen molar-refractivity contribution in [3.05, 3.63) is 100 Å². The summed E-state index contributed by atoms with van der Waals surface area (Å²) < 4.78 is 0. The Kier molecular flexibility index (Phi) is 5.20. The summed E-state index contributed by atoms with van der Waals surface area (Å²) in [6.07, 6.45) is 0.849. The molecular weight excluding hydrogens is 420 g/mol. The zero-order valence-electron chi connectivity index (χ0n) is 20.5. The van der Waals surface area contributed by atoms with Gasteiger partial charge < -0.3 is 4.90 Å². The minimum Gasteiger partial charge on any atom is -0.336 e. The number of amides is 2. The summed E-state index contributed by atoms with van der Waals surface area (Å²) >= 11 is 0. The predicted octanol–water partition coefficient (Wildman–Crippen LogP) is 5.95. The van der Waals surface area contributed by atoms with Crippen LogP contribution in [0, 0.1) is 13.8 Å². The van der Waals surface area contributed by atoms with Crippen molar-refractivity contribution in [2.75, 3.05) is 16.3 Å². The first kappa shape index (κ1) is 22.1. The topological polar surface area (TPSA) is 40.6 Å². The van der Waals surface area contributed by atoms with Crippen molar-refractivity contribution >= 4 is 28.8 Å². The minimum atomic E-state index is -0.267. The van der Waals surface area contributed by atoms with E-state index in [0.29, 0.717) is 23.5 Å². The van der Waals surface area contributed by atoms with Gasteiger partial charge in [-0.15, -0.1) is 0 Å². The second kappa shape index (κ2) is 7.98. The molecule has 0 radical (unpaired) electrons. The number of benzene rings is 3. The molecule has 34 heavy (non-hydrogen) atoms. The molecule has 0 N–H and O–H groups in total. The van der Waals surface area contributed by atoms with Gasteiger partial charge >= 0.3 is 0 Å². The molecule has 0 fully saturated rings. The molecule has 2 aliphatic rings. The van der Waals surface area contributed by atoms with Crippen molar-refractivity contribution in [1.82, 2.24) is 0 Å². The highest BCUT2D eigenvalue weighted by atomic mass is 16.2. The van der Waals surface area contributed by atoms with E-state index < -0.39 is 0 Å². The fourth-order valence-corrected chi connectivity index (χ4v) is 4.84. The molecule has 3 aromatic carbocycles. The van der Waals surface area contributed by atoms with Gasteiger partial charge in [0.1, 0.15) is 5.70 Å². The van der Waals surface area contributed by atoms with E-state index in [4.69, 9.17) is 0 Å². The van der Waals surface area contributed by atoms with Gasteiger partial charge in [-0.25, -0.2) is 4.90 Å². The van der Waals surface area contributed by atoms with E-state index in [1.54, 1.807) is 0 Å². The van der Waals surface area contributed by atoms with Gasteiger partial charge in [0.05, 0.1) is 11.3 Å². The number of rotatable bonds is 3. The molecule has 0 spiro atoms. The number of para-hydroxylation sites is 1. The van der Waals surface area contributed by atoms with Crippen molar-refractivity contribution in [2.24, 2.45) is 0 Å². The summed E-state index contributed by atoms with van der Waals surface area (Å²) in [6, 6.07) is 21.9. The Bertz CT molecular complexity index is 1340. The fourth-order valence-electron chi connectivity index (χ4n) is 4.84. The molecule has 2 amide bonds. The third kappa shape index (κ3) is 3.54. The van der Waals surface area contributed by atoms with Crippen LogP contribution in [-0.2, 0) is 21.4 Å². The quantitative estimate of drug-likeness (QED) is 0.463. The standard InChI is InChI=1S/C30H30N2O2/c1-19-10-11-22(18-20(19)2)26-27(31-17-16-21-8-6-7-9-25(21)31)29(34)32(28(26)33)24-14-12-23(13-15-24)30(3,4)5/h6-15,18H,16-17H2,1-5H3. The van der Waals surface area contributed by atoms with Gasteiger partial charge in [0.2, 0.25) is 0 Å². The number of anilines is 2. The molecule has 0 bridgehead atoms. The van der Waals surface area contributed by atoms with E-state index in [1.807, 2.05) is 72.5 Å². The Balaban J connectivity index is 1.65. The molecule has 0 saturated carbocycles. The molecule has 0 unspecified atom stereocenters. The zero-order chi connectivity index (χ0) is 24.2. The molecule has 4 nitrogen and oxygen atoms in total. The van der Waals surface area contributed by atoms with Crippen LogP contribution in [0.2, 0.25) is 0 Å². The van der Waals surface area contributed by atoms with Crippen LogP contribution in [-0.4, -0.2) is 18.4 Å². The van der Waals surface area contributed by atoms with Crippen LogP contribution in [0.25, 0.3) is 5.57 Å². The zero-order valence-corrected chi connectivity index (χ0v) is 20.5. The Morgan fingerprint density at radius 1 is 0.794 bits per heavy atom. The van der Waals surface area contributed by atoms with E-state index >= 15 is 0 Å². The molecule has 2 heterocycles. The maximum absolute atomic E-state index is 13.9. The van der Waals surface area contributed by atoms with Gasteiger partial charge in [-0.3, -0.25) is 9.59 Å². The third-order valence-corrected chi connectivity index (χ3v) is 7.00. The smallest absolute Gasteiger partial charge is 0.282 e. The summed E-state index contributed by atoms with van der Waals surface area (Å²) in [5, 5.41) is 0. The number of aryl methyl sites for hydroxylation is 2. The fraction of sp³-hybridized carbons (Fsp3) is 0.267. The Morgan fingerprint density at radius 2 is 1.50 bits per heavy atom. The lowest BCUT2D eigenvalue weighted by Gasteiger charge is -2.23. The lowest BCUT2D eigenvalue weighted by atomic mass is 9.87. The number of carbonyl (C=O) groups is 2. The Morgan fingerprint density at radius 3 is 2.18 bits per heavy atom. The number of nitrogens with zero attached hydrogens (tertiary/aromatic N) is 2. The van der Waals surface area contributed by atoms with Crippen LogP contribution in [0.5, 0.6) is 0 Å². The second-order valence-corrected chi connectivity index (χ2v) is 10.3. The molecule has 2 aliphatic heterocycles. The number of imide groups is 1. The van der Waals surface area contributed by atoms with E-state index in [9.17, 15) is 9.59 Å². The second-order valence-electron chi connectivity index (χ2n) is 10.3. The normalized spacial score (nSPS) is 16.0. The number of fused-ring (bicyclic) bond motifs is 1. The SMILES string of the molecule is Cc1ccc(C2=C(N3CCc4ccccc43)C(=O)N(c3ccc(C(C)(C)C)cc3)C2=O)cc1C. The highest BCUT2D eigenvalue weighted by Gasteiger charge is 2.44. The number of hydrogen-bond acceptors (Lipinski definition) is 3. The highest BCUT2D eigenvalue weighted by molar-refractivity contribution is 6.46. The lowest BCUT2D eigenvalue weighted by Crippen LogP contribution is -2.35. The minimum absolute atomic E-state index is 0.00911. The van der Waals surface area contributed by atoms with Gasteiger partial charge in [-0.05, 0) is 71.7 Å². The van der Waals surface area contributed by atoms with Gasteiger partial charge in [0.15, 0.2) is 0 Å². The van der Waals surface area contributed by atoms with Gasteiger partial charge in [-0.2, -0.15) is 0 Å². The summed E-state index contributed by atoms with van der Waals surface area (Å²) in [7, 11) is 0. The molecule has 0 saturated heterocycles. The molecule has 4 heteroatoms. The average Bonchev–Trinajstić information content (AvgIpc) is 3.33. The molecule has 3 aromatic rings. The molecule has 0 atom stereocenters. The first-order chi connectivity index (χ1) is 16.2. The van der Waals surface area contributed by atoms with Crippen LogP contribution >= 0.6 is 0 Å². The van der Waals surface area contributed by atoms with E-state index in [-0.39, 0.29) is 17.2 Å². The maximum atomic E-state index is 13.9. The monoisotopic (exact) mass is 450 g/mol. The number of carbonyl (C=O) groups excluding carboxylic acids is 2.